The summed E-state index contributed by atoms with van der Waals surface area (Å²) in [6, 6.07) is 5.12. The number of benzene rings is 1. The first-order valence-electron chi connectivity index (χ1n) is 6.34. The van der Waals surface area contributed by atoms with E-state index in [0.29, 0.717) is 10.6 Å². The second kappa shape index (κ2) is 5.65. The number of nitrogens with zero attached hydrogens (tertiary/aromatic N) is 1. The van der Waals surface area contributed by atoms with Crippen molar-refractivity contribution >= 4 is 22.8 Å². The van der Waals surface area contributed by atoms with Gasteiger partial charge in [-0.3, -0.25) is 14.9 Å². The van der Waals surface area contributed by atoms with Crippen LogP contribution in [0.1, 0.15) is 33.3 Å². The van der Waals surface area contributed by atoms with E-state index in [2.05, 4.69) is 0 Å². The lowest BCUT2D eigenvalue weighted by Gasteiger charge is -2.10. The Labute approximate surface area is 126 Å². The van der Waals surface area contributed by atoms with Gasteiger partial charge in [-0.15, -0.1) is 0 Å². The normalized spacial score (nSPS) is 10.5. The Balaban J connectivity index is 2.48. The van der Waals surface area contributed by atoms with Crippen LogP contribution in [0.15, 0.2) is 18.2 Å². The van der Waals surface area contributed by atoms with Crippen LogP contribution in [0, 0.1) is 30.9 Å². The van der Waals surface area contributed by atoms with Crippen LogP contribution in [-0.2, 0) is 0 Å². The topological polar surface area (TPSA) is 69.4 Å². The summed E-state index contributed by atoms with van der Waals surface area (Å²) < 4.78 is 5.72. The van der Waals surface area contributed by atoms with Gasteiger partial charge in [0.05, 0.1) is 9.80 Å². The number of aryl methyl sites for hydroxylation is 2. The molecule has 0 saturated carbocycles. The van der Waals surface area contributed by atoms with Crippen molar-refractivity contribution in [2.45, 2.75) is 27.7 Å². The van der Waals surface area contributed by atoms with Gasteiger partial charge in [0.1, 0.15) is 5.75 Å². The van der Waals surface area contributed by atoms with Crippen molar-refractivity contribution < 1.29 is 14.5 Å². The maximum Gasteiger partial charge on any atom is 0.323 e. The molecule has 2 aromatic rings. The molecular formula is C15H15NO4S. The Bertz CT molecular complexity index is 734. The predicted molar refractivity (Wildman–Crippen MR) is 81.7 cm³/mol. The molecule has 0 atom stereocenters. The van der Waals surface area contributed by atoms with E-state index in [9.17, 15) is 14.9 Å². The van der Waals surface area contributed by atoms with E-state index in [4.69, 9.17) is 4.74 Å². The maximum absolute atomic E-state index is 11.4. The number of Topliss-reactive ketones (excluding diaryl/α,β-unsaturated/α-hetero) is 1. The van der Waals surface area contributed by atoms with Gasteiger partial charge >= 0.3 is 5.69 Å². The maximum atomic E-state index is 11.4. The minimum Gasteiger partial charge on any atom is -0.440 e. The van der Waals surface area contributed by atoms with Crippen molar-refractivity contribution in [3.63, 3.8) is 0 Å². The zero-order chi connectivity index (χ0) is 15.7. The van der Waals surface area contributed by atoms with Crippen LogP contribution in [0.25, 0.3) is 0 Å². The smallest absolute Gasteiger partial charge is 0.323 e. The molecule has 5 nitrogen and oxygen atoms in total. The second-order valence-corrected chi connectivity index (χ2v) is 5.92. The molecule has 0 radical (unpaired) electrons. The van der Waals surface area contributed by atoms with E-state index in [1.165, 1.54) is 13.0 Å². The summed E-state index contributed by atoms with van der Waals surface area (Å²) in [5.41, 5.74) is 2.81. The average Bonchev–Trinajstić information content (AvgIpc) is 2.79. The molecule has 0 unspecified atom stereocenters. The van der Waals surface area contributed by atoms with E-state index in [-0.39, 0.29) is 16.5 Å². The van der Waals surface area contributed by atoms with Crippen LogP contribution < -0.4 is 4.74 Å². The van der Waals surface area contributed by atoms with Crippen LogP contribution in [0.5, 0.6) is 10.8 Å². The molecule has 1 heterocycles. The second-order valence-electron chi connectivity index (χ2n) is 4.90. The summed E-state index contributed by atoms with van der Waals surface area (Å²) in [4.78, 5) is 22.3. The van der Waals surface area contributed by atoms with Crippen LogP contribution in [0.2, 0.25) is 0 Å². The van der Waals surface area contributed by atoms with Gasteiger partial charge in [0, 0.05) is 6.07 Å². The molecule has 0 fully saturated rings. The predicted octanol–water partition coefficient (Wildman–Crippen LogP) is 4.58. The van der Waals surface area contributed by atoms with Crippen molar-refractivity contribution in [2.75, 3.05) is 0 Å². The first kappa shape index (κ1) is 15.2. The molecule has 2 rings (SSSR count). The Morgan fingerprint density at radius 3 is 2.48 bits per heavy atom. The van der Waals surface area contributed by atoms with Crippen molar-refractivity contribution in [2.24, 2.45) is 0 Å². The SMILES string of the molecule is CC(=O)c1cc([N+](=O)[O-])c(Oc2cc(C)cc(C)c2C)s1. The third-order valence-electron chi connectivity index (χ3n) is 3.19. The highest BCUT2D eigenvalue weighted by Gasteiger charge is 2.23. The van der Waals surface area contributed by atoms with Gasteiger partial charge in [0.15, 0.2) is 5.78 Å². The third-order valence-corrected chi connectivity index (χ3v) is 4.29. The molecule has 1 aromatic heterocycles. The highest BCUT2D eigenvalue weighted by Crippen LogP contribution is 2.41. The standard InChI is InChI=1S/C15H15NO4S/c1-8-5-9(2)10(3)13(6-8)20-15-12(16(18)19)7-14(21-15)11(4)17/h5-7H,1-4H3. The van der Waals surface area contributed by atoms with Gasteiger partial charge in [0.2, 0.25) is 0 Å². The summed E-state index contributed by atoms with van der Waals surface area (Å²) in [6.07, 6.45) is 0. The zero-order valence-corrected chi connectivity index (χ0v) is 13.0. The molecule has 0 bridgehead atoms. The van der Waals surface area contributed by atoms with E-state index in [0.717, 1.165) is 28.0 Å². The highest BCUT2D eigenvalue weighted by molar-refractivity contribution is 7.16. The number of hydrogen-bond acceptors (Lipinski definition) is 5. The molecule has 110 valence electrons. The average molecular weight is 305 g/mol. The molecule has 0 aliphatic rings. The lowest BCUT2D eigenvalue weighted by atomic mass is 10.1. The summed E-state index contributed by atoms with van der Waals surface area (Å²) in [5.74, 6) is 0.364. The zero-order valence-electron chi connectivity index (χ0n) is 12.2. The Morgan fingerprint density at radius 2 is 1.90 bits per heavy atom. The lowest BCUT2D eigenvalue weighted by Crippen LogP contribution is -1.93. The fraction of sp³-hybridized carbons (Fsp3) is 0.267. The van der Waals surface area contributed by atoms with E-state index < -0.39 is 4.92 Å². The van der Waals surface area contributed by atoms with Gasteiger partial charge in [0.25, 0.3) is 5.06 Å². The fourth-order valence-corrected chi connectivity index (χ4v) is 2.83. The number of ketones is 1. The first-order chi connectivity index (χ1) is 9.79. The molecule has 0 saturated heterocycles. The molecule has 0 spiro atoms. The Hall–Kier alpha value is -2.21. The number of thiophene rings is 1. The molecule has 0 aliphatic heterocycles. The summed E-state index contributed by atoms with van der Waals surface area (Å²) in [7, 11) is 0. The minimum absolute atomic E-state index is 0.137. The van der Waals surface area contributed by atoms with Crippen molar-refractivity contribution in [1.82, 2.24) is 0 Å². The Morgan fingerprint density at radius 1 is 1.24 bits per heavy atom. The lowest BCUT2D eigenvalue weighted by molar-refractivity contribution is -0.385. The quantitative estimate of drug-likeness (QED) is 0.471. The number of rotatable bonds is 4. The molecule has 0 N–H and O–H groups in total. The largest absolute Gasteiger partial charge is 0.440 e. The van der Waals surface area contributed by atoms with Crippen LogP contribution >= 0.6 is 11.3 Å². The Kier molecular flexibility index (Phi) is 4.09. The van der Waals surface area contributed by atoms with E-state index in [1.807, 2.05) is 32.9 Å². The van der Waals surface area contributed by atoms with E-state index in [1.54, 1.807) is 0 Å². The van der Waals surface area contributed by atoms with Gasteiger partial charge in [-0.05, 0) is 50.5 Å². The van der Waals surface area contributed by atoms with Gasteiger partial charge in [-0.1, -0.05) is 17.4 Å². The molecule has 6 heteroatoms. The number of hydrogen-bond donors (Lipinski definition) is 0. The van der Waals surface area contributed by atoms with Crippen molar-refractivity contribution in [3.05, 3.63) is 49.9 Å². The number of carbonyl (C=O) groups is 1. The monoisotopic (exact) mass is 305 g/mol. The van der Waals surface area contributed by atoms with E-state index >= 15 is 0 Å². The third kappa shape index (κ3) is 3.11. The highest BCUT2D eigenvalue weighted by atomic mass is 32.1. The van der Waals surface area contributed by atoms with Gasteiger partial charge in [-0.25, -0.2) is 0 Å². The molecule has 1 aromatic carbocycles. The van der Waals surface area contributed by atoms with Crippen LogP contribution in [0.3, 0.4) is 0 Å². The molecule has 0 amide bonds. The molecule has 0 aliphatic carbocycles. The minimum atomic E-state index is -0.531. The number of ether oxygens (including phenoxy) is 1. The van der Waals surface area contributed by atoms with Crippen molar-refractivity contribution in [3.8, 4) is 10.8 Å². The van der Waals surface area contributed by atoms with Crippen LogP contribution in [-0.4, -0.2) is 10.7 Å². The fourth-order valence-electron chi connectivity index (χ4n) is 1.95. The molecular weight excluding hydrogens is 290 g/mol. The van der Waals surface area contributed by atoms with Gasteiger partial charge < -0.3 is 4.74 Å². The number of carbonyl (C=O) groups excluding carboxylic acids is 1. The van der Waals surface area contributed by atoms with Gasteiger partial charge in [-0.2, -0.15) is 0 Å². The number of nitro groups is 1. The summed E-state index contributed by atoms with van der Waals surface area (Å²) in [6.45, 7) is 7.17. The summed E-state index contributed by atoms with van der Waals surface area (Å²) >= 11 is 0.998. The molecule has 21 heavy (non-hydrogen) atoms. The van der Waals surface area contributed by atoms with Crippen LogP contribution in [0.4, 0.5) is 5.69 Å². The summed E-state index contributed by atoms with van der Waals surface area (Å²) in [5, 5.41) is 11.2. The van der Waals surface area contributed by atoms with Crippen molar-refractivity contribution in [1.29, 1.82) is 0 Å². The first-order valence-corrected chi connectivity index (χ1v) is 7.16.